The highest BCUT2D eigenvalue weighted by Gasteiger charge is 2.39. The van der Waals surface area contributed by atoms with Crippen LogP contribution in [0, 0.1) is 5.41 Å². The Bertz CT molecular complexity index is 181. The Morgan fingerprint density at radius 2 is 2.17 bits per heavy atom. The topological polar surface area (TPSA) is 63.3 Å². The molecule has 0 spiro atoms. The third-order valence-electron chi connectivity index (χ3n) is 3.02. The zero-order chi connectivity index (χ0) is 9.19. The molecule has 1 fully saturated rings. The summed E-state index contributed by atoms with van der Waals surface area (Å²) in [6.07, 6.45) is 4.77. The fourth-order valence-electron chi connectivity index (χ4n) is 1.80. The molecular weight excluding hydrogens is 154 g/mol. The van der Waals surface area contributed by atoms with Crippen LogP contribution in [0.15, 0.2) is 0 Å². The molecule has 1 aliphatic rings. The van der Waals surface area contributed by atoms with Crippen LogP contribution >= 0.6 is 0 Å². The summed E-state index contributed by atoms with van der Waals surface area (Å²) in [5.41, 5.74) is 5.15. The van der Waals surface area contributed by atoms with Gasteiger partial charge in [-0.2, -0.15) is 0 Å². The van der Waals surface area contributed by atoms with Gasteiger partial charge >= 0.3 is 5.97 Å². The second kappa shape index (κ2) is 3.44. The van der Waals surface area contributed by atoms with Gasteiger partial charge in [0, 0.05) is 6.04 Å². The van der Waals surface area contributed by atoms with Crippen LogP contribution in [0.3, 0.4) is 0 Å². The Kier molecular flexibility index (Phi) is 2.73. The maximum Gasteiger partial charge on any atom is 0.310 e. The molecule has 1 rings (SSSR count). The van der Waals surface area contributed by atoms with Crippen molar-refractivity contribution in [3.8, 4) is 0 Å². The van der Waals surface area contributed by atoms with Crippen LogP contribution in [0.1, 0.15) is 39.0 Å². The standard InChI is InChI=1S/C9H17NO2/c1-9(8(11)12)6-4-2-3-5-7(9)10/h7H,2-6,10H2,1H3,(H,11,12)/t7-,9+/m1/s1. The lowest BCUT2D eigenvalue weighted by atomic mass is 9.79. The number of hydrogen-bond donors (Lipinski definition) is 2. The highest BCUT2D eigenvalue weighted by Crippen LogP contribution is 2.33. The van der Waals surface area contributed by atoms with E-state index in [2.05, 4.69) is 0 Å². The lowest BCUT2D eigenvalue weighted by molar-refractivity contribution is -0.149. The Hall–Kier alpha value is -0.570. The molecule has 0 amide bonds. The first-order valence-electron chi connectivity index (χ1n) is 4.56. The van der Waals surface area contributed by atoms with Crippen LogP contribution in [0.5, 0.6) is 0 Å². The minimum absolute atomic E-state index is 0.169. The van der Waals surface area contributed by atoms with Crippen molar-refractivity contribution in [2.45, 2.75) is 45.1 Å². The zero-order valence-corrected chi connectivity index (χ0v) is 7.55. The Morgan fingerprint density at radius 1 is 1.50 bits per heavy atom. The van der Waals surface area contributed by atoms with Crippen molar-refractivity contribution in [1.29, 1.82) is 0 Å². The van der Waals surface area contributed by atoms with Crippen molar-refractivity contribution < 1.29 is 9.90 Å². The van der Waals surface area contributed by atoms with Crippen LogP contribution in [0.2, 0.25) is 0 Å². The number of carboxylic acid groups (broad SMARTS) is 1. The third kappa shape index (κ3) is 1.61. The number of hydrogen-bond acceptors (Lipinski definition) is 2. The zero-order valence-electron chi connectivity index (χ0n) is 7.55. The molecule has 0 saturated heterocycles. The second-order valence-electron chi connectivity index (χ2n) is 3.93. The summed E-state index contributed by atoms with van der Waals surface area (Å²) in [5, 5.41) is 9.01. The summed E-state index contributed by atoms with van der Waals surface area (Å²) in [6.45, 7) is 1.77. The first-order chi connectivity index (χ1) is 5.57. The van der Waals surface area contributed by atoms with E-state index >= 15 is 0 Å². The van der Waals surface area contributed by atoms with E-state index in [-0.39, 0.29) is 6.04 Å². The van der Waals surface area contributed by atoms with Crippen molar-refractivity contribution >= 4 is 5.97 Å². The Labute approximate surface area is 72.9 Å². The van der Waals surface area contributed by atoms with E-state index in [1.807, 2.05) is 0 Å². The predicted molar refractivity (Wildman–Crippen MR) is 46.8 cm³/mol. The van der Waals surface area contributed by atoms with Gasteiger partial charge in [0.2, 0.25) is 0 Å². The van der Waals surface area contributed by atoms with Gasteiger partial charge < -0.3 is 10.8 Å². The average molecular weight is 171 g/mol. The van der Waals surface area contributed by atoms with E-state index in [1.165, 1.54) is 0 Å². The number of rotatable bonds is 1. The van der Waals surface area contributed by atoms with Crippen molar-refractivity contribution in [3.05, 3.63) is 0 Å². The van der Waals surface area contributed by atoms with Gasteiger partial charge in [-0.1, -0.05) is 19.3 Å². The molecule has 1 aliphatic carbocycles. The van der Waals surface area contributed by atoms with E-state index in [1.54, 1.807) is 6.92 Å². The molecule has 0 aliphatic heterocycles. The van der Waals surface area contributed by atoms with Crippen LogP contribution in [0.4, 0.5) is 0 Å². The highest BCUT2D eigenvalue weighted by molar-refractivity contribution is 5.75. The summed E-state index contributed by atoms with van der Waals surface area (Å²) >= 11 is 0. The fourth-order valence-corrected chi connectivity index (χ4v) is 1.80. The molecule has 0 aromatic heterocycles. The van der Waals surface area contributed by atoms with E-state index in [0.717, 1.165) is 32.1 Å². The van der Waals surface area contributed by atoms with Crippen LogP contribution < -0.4 is 5.73 Å². The average Bonchev–Trinajstić information content (AvgIpc) is 2.16. The molecule has 12 heavy (non-hydrogen) atoms. The minimum atomic E-state index is -0.739. The molecule has 0 aromatic rings. The summed E-state index contributed by atoms with van der Waals surface area (Å²) in [4.78, 5) is 11.0. The van der Waals surface area contributed by atoms with Crippen molar-refractivity contribution in [2.24, 2.45) is 11.1 Å². The van der Waals surface area contributed by atoms with Gasteiger partial charge in [0.1, 0.15) is 0 Å². The molecule has 3 N–H and O–H groups in total. The molecule has 0 heterocycles. The fraction of sp³-hybridized carbons (Fsp3) is 0.889. The lowest BCUT2D eigenvalue weighted by Crippen LogP contribution is -2.44. The smallest absolute Gasteiger partial charge is 0.310 e. The lowest BCUT2D eigenvalue weighted by Gasteiger charge is -2.28. The molecule has 70 valence electrons. The van der Waals surface area contributed by atoms with E-state index in [0.29, 0.717) is 0 Å². The van der Waals surface area contributed by atoms with E-state index in [9.17, 15) is 4.79 Å². The molecule has 1 saturated carbocycles. The SMILES string of the molecule is C[C@]1(C(=O)O)CCCCC[C@H]1N. The van der Waals surface area contributed by atoms with Crippen LogP contribution in [0.25, 0.3) is 0 Å². The van der Waals surface area contributed by atoms with Crippen LogP contribution in [-0.2, 0) is 4.79 Å². The monoisotopic (exact) mass is 171 g/mol. The van der Waals surface area contributed by atoms with Crippen molar-refractivity contribution in [1.82, 2.24) is 0 Å². The molecule has 0 bridgehead atoms. The largest absolute Gasteiger partial charge is 0.481 e. The van der Waals surface area contributed by atoms with Crippen LogP contribution in [-0.4, -0.2) is 17.1 Å². The maximum absolute atomic E-state index is 11.0. The third-order valence-corrected chi connectivity index (χ3v) is 3.02. The minimum Gasteiger partial charge on any atom is -0.481 e. The number of nitrogens with two attached hydrogens (primary N) is 1. The molecule has 0 radical (unpaired) electrons. The molecule has 0 aromatic carbocycles. The molecular formula is C9H17NO2. The first kappa shape index (κ1) is 9.52. The number of carbonyl (C=O) groups is 1. The normalized spacial score (nSPS) is 37.3. The summed E-state index contributed by atoms with van der Waals surface area (Å²) in [7, 11) is 0. The summed E-state index contributed by atoms with van der Waals surface area (Å²) in [6, 6.07) is -0.169. The van der Waals surface area contributed by atoms with Gasteiger partial charge in [0.05, 0.1) is 5.41 Å². The summed E-state index contributed by atoms with van der Waals surface area (Å²) in [5.74, 6) is -0.739. The molecule has 0 unspecified atom stereocenters. The summed E-state index contributed by atoms with van der Waals surface area (Å²) < 4.78 is 0. The molecule has 3 heteroatoms. The van der Waals surface area contributed by atoms with Crippen molar-refractivity contribution in [3.63, 3.8) is 0 Å². The Morgan fingerprint density at radius 3 is 2.75 bits per heavy atom. The highest BCUT2D eigenvalue weighted by atomic mass is 16.4. The quantitative estimate of drug-likeness (QED) is 0.586. The van der Waals surface area contributed by atoms with Gasteiger partial charge in [-0.25, -0.2) is 0 Å². The van der Waals surface area contributed by atoms with Gasteiger partial charge in [0.25, 0.3) is 0 Å². The van der Waals surface area contributed by atoms with Gasteiger partial charge in [0.15, 0.2) is 0 Å². The van der Waals surface area contributed by atoms with E-state index < -0.39 is 11.4 Å². The molecule has 2 atom stereocenters. The predicted octanol–water partition coefficient (Wildman–Crippen LogP) is 1.37. The first-order valence-corrected chi connectivity index (χ1v) is 4.56. The molecule has 3 nitrogen and oxygen atoms in total. The van der Waals surface area contributed by atoms with Gasteiger partial charge in [-0.3, -0.25) is 4.79 Å². The second-order valence-corrected chi connectivity index (χ2v) is 3.93. The van der Waals surface area contributed by atoms with E-state index in [4.69, 9.17) is 10.8 Å². The maximum atomic E-state index is 11.0. The van der Waals surface area contributed by atoms with Crippen molar-refractivity contribution in [2.75, 3.05) is 0 Å². The number of aliphatic carboxylic acids is 1. The number of carboxylic acids is 1. The van der Waals surface area contributed by atoms with Gasteiger partial charge in [-0.15, -0.1) is 0 Å². The van der Waals surface area contributed by atoms with Gasteiger partial charge in [-0.05, 0) is 19.8 Å². The Balaban J connectivity index is 2.75.